The topological polar surface area (TPSA) is 102 Å². The van der Waals surface area contributed by atoms with Gasteiger partial charge in [-0.1, -0.05) is 0 Å². The zero-order valence-corrected chi connectivity index (χ0v) is 6.87. The molecular weight excluding hydrogens is 196 g/mol. The number of pyridine rings is 1. The van der Waals surface area contributed by atoms with E-state index in [9.17, 15) is 13.6 Å². The van der Waals surface area contributed by atoms with Gasteiger partial charge in [-0.15, -0.1) is 0 Å². The van der Waals surface area contributed by atoms with Crippen LogP contribution >= 0.6 is 0 Å². The van der Waals surface area contributed by atoms with Crippen molar-refractivity contribution in [2.45, 2.75) is 6.43 Å². The van der Waals surface area contributed by atoms with Crippen LogP contribution in [0.4, 0.5) is 20.4 Å². The van der Waals surface area contributed by atoms with Crippen molar-refractivity contribution in [3.8, 4) is 0 Å². The molecule has 0 bridgehead atoms. The van der Waals surface area contributed by atoms with Gasteiger partial charge in [0.2, 0.25) is 0 Å². The van der Waals surface area contributed by atoms with Crippen molar-refractivity contribution in [3.05, 3.63) is 17.2 Å². The Labute approximate surface area is 77.3 Å². The highest BCUT2D eigenvalue weighted by molar-refractivity contribution is 5.93. The largest absolute Gasteiger partial charge is 0.478 e. The number of nitrogens with zero attached hydrogens (tertiary/aromatic N) is 1. The smallest absolute Gasteiger partial charge is 0.339 e. The van der Waals surface area contributed by atoms with Gasteiger partial charge in [-0.3, -0.25) is 0 Å². The maximum Gasteiger partial charge on any atom is 0.339 e. The van der Waals surface area contributed by atoms with Crippen LogP contribution in [0.25, 0.3) is 0 Å². The molecule has 1 rings (SSSR count). The van der Waals surface area contributed by atoms with Crippen molar-refractivity contribution >= 4 is 17.6 Å². The first-order chi connectivity index (χ1) is 6.43. The third kappa shape index (κ3) is 1.70. The standard InChI is InChI=1S/C7H7F2N3O2/c8-4(9)2-1-3(7(13)14)6(11)12-5(2)10/h1,4H,(H,13,14)(H4,10,11,12). The lowest BCUT2D eigenvalue weighted by atomic mass is 10.1. The van der Waals surface area contributed by atoms with E-state index in [0.29, 0.717) is 0 Å². The molecule has 0 aromatic carbocycles. The molecule has 0 saturated heterocycles. The maximum absolute atomic E-state index is 12.2. The number of nitrogens with two attached hydrogens (primary N) is 2. The lowest BCUT2D eigenvalue weighted by Gasteiger charge is -2.06. The number of carboxylic acid groups (broad SMARTS) is 1. The van der Waals surface area contributed by atoms with Gasteiger partial charge in [0.05, 0.1) is 5.56 Å². The molecule has 0 unspecified atom stereocenters. The number of anilines is 2. The molecule has 14 heavy (non-hydrogen) atoms. The SMILES string of the molecule is Nc1nc(N)c(C(F)F)cc1C(=O)O. The number of alkyl halides is 2. The Hall–Kier alpha value is -1.92. The zero-order valence-electron chi connectivity index (χ0n) is 6.87. The highest BCUT2D eigenvalue weighted by Crippen LogP contribution is 2.26. The molecular formula is C7H7F2N3O2. The fraction of sp³-hybridized carbons (Fsp3) is 0.143. The van der Waals surface area contributed by atoms with Crippen molar-refractivity contribution < 1.29 is 18.7 Å². The van der Waals surface area contributed by atoms with Crippen molar-refractivity contribution in [3.63, 3.8) is 0 Å². The van der Waals surface area contributed by atoms with Crippen LogP contribution in [0.3, 0.4) is 0 Å². The predicted octanol–water partition coefficient (Wildman–Crippen LogP) is 0.882. The molecule has 0 aliphatic carbocycles. The highest BCUT2D eigenvalue weighted by atomic mass is 19.3. The molecule has 0 atom stereocenters. The number of aromatic nitrogens is 1. The number of nitrogen functional groups attached to an aromatic ring is 2. The number of hydrogen-bond acceptors (Lipinski definition) is 4. The first kappa shape index (κ1) is 10.2. The lowest BCUT2D eigenvalue weighted by molar-refractivity contribution is 0.0697. The molecule has 1 heterocycles. The summed E-state index contributed by atoms with van der Waals surface area (Å²) in [5.41, 5.74) is 9.20. The molecule has 0 aliphatic rings. The molecule has 0 spiro atoms. The predicted molar refractivity (Wildman–Crippen MR) is 45.0 cm³/mol. The molecule has 5 nitrogen and oxygen atoms in total. The van der Waals surface area contributed by atoms with Gasteiger partial charge in [-0.05, 0) is 6.07 Å². The van der Waals surface area contributed by atoms with Crippen LogP contribution in [0.2, 0.25) is 0 Å². The minimum atomic E-state index is -2.87. The summed E-state index contributed by atoms with van der Waals surface area (Å²) in [7, 11) is 0. The van der Waals surface area contributed by atoms with Crippen LogP contribution in [0.5, 0.6) is 0 Å². The third-order valence-electron chi connectivity index (χ3n) is 1.58. The van der Waals surface area contributed by atoms with E-state index in [1.807, 2.05) is 0 Å². The van der Waals surface area contributed by atoms with E-state index in [0.717, 1.165) is 6.07 Å². The summed E-state index contributed by atoms with van der Waals surface area (Å²) >= 11 is 0. The Morgan fingerprint density at radius 3 is 2.43 bits per heavy atom. The quantitative estimate of drug-likeness (QED) is 0.662. The average Bonchev–Trinajstić information content (AvgIpc) is 2.02. The summed E-state index contributed by atoms with van der Waals surface area (Å²) in [4.78, 5) is 13.8. The van der Waals surface area contributed by atoms with Gasteiger partial charge in [0.1, 0.15) is 17.2 Å². The van der Waals surface area contributed by atoms with Gasteiger partial charge in [0, 0.05) is 0 Å². The summed E-state index contributed by atoms with van der Waals surface area (Å²) in [6, 6.07) is 0.727. The zero-order chi connectivity index (χ0) is 10.9. The number of aromatic carboxylic acids is 1. The number of carboxylic acids is 1. The third-order valence-corrected chi connectivity index (χ3v) is 1.58. The van der Waals surface area contributed by atoms with Crippen LogP contribution < -0.4 is 11.5 Å². The minimum absolute atomic E-state index is 0.376. The second kappa shape index (κ2) is 3.44. The van der Waals surface area contributed by atoms with Crippen molar-refractivity contribution in [2.24, 2.45) is 0 Å². The van der Waals surface area contributed by atoms with Crippen LogP contribution in [-0.4, -0.2) is 16.1 Å². The van der Waals surface area contributed by atoms with E-state index >= 15 is 0 Å². The Bertz CT molecular complexity index is 381. The van der Waals surface area contributed by atoms with Crippen LogP contribution in [-0.2, 0) is 0 Å². The highest BCUT2D eigenvalue weighted by Gasteiger charge is 2.18. The van der Waals surface area contributed by atoms with Gasteiger partial charge in [-0.2, -0.15) is 0 Å². The van der Waals surface area contributed by atoms with Crippen molar-refractivity contribution in [2.75, 3.05) is 11.5 Å². The van der Waals surface area contributed by atoms with E-state index in [4.69, 9.17) is 16.6 Å². The van der Waals surface area contributed by atoms with E-state index in [1.54, 1.807) is 0 Å². The number of rotatable bonds is 2. The van der Waals surface area contributed by atoms with Crippen LogP contribution in [0, 0.1) is 0 Å². The van der Waals surface area contributed by atoms with Crippen molar-refractivity contribution in [1.82, 2.24) is 4.98 Å². The van der Waals surface area contributed by atoms with E-state index in [-0.39, 0.29) is 5.82 Å². The summed E-state index contributed by atoms with van der Waals surface area (Å²) in [5, 5.41) is 8.56. The molecule has 7 heteroatoms. The Kier molecular flexibility index (Phi) is 2.50. The summed E-state index contributed by atoms with van der Waals surface area (Å²) in [6.45, 7) is 0. The van der Waals surface area contributed by atoms with Gasteiger partial charge in [0.25, 0.3) is 6.43 Å². The van der Waals surface area contributed by atoms with Crippen LogP contribution in [0.1, 0.15) is 22.3 Å². The molecule has 1 aromatic heterocycles. The van der Waals surface area contributed by atoms with Gasteiger partial charge in [0.15, 0.2) is 0 Å². The first-order valence-electron chi connectivity index (χ1n) is 3.50. The first-order valence-corrected chi connectivity index (χ1v) is 3.50. The van der Waals surface area contributed by atoms with E-state index < -0.39 is 29.3 Å². The minimum Gasteiger partial charge on any atom is -0.478 e. The Morgan fingerprint density at radius 2 is 2.00 bits per heavy atom. The molecule has 76 valence electrons. The normalized spacial score (nSPS) is 10.5. The summed E-state index contributed by atoms with van der Waals surface area (Å²) in [6.07, 6.45) is -2.87. The van der Waals surface area contributed by atoms with E-state index in [1.165, 1.54) is 0 Å². The van der Waals surface area contributed by atoms with Gasteiger partial charge in [-0.25, -0.2) is 18.6 Å². The molecule has 0 radical (unpaired) electrons. The average molecular weight is 203 g/mol. The maximum atomic E-state index is 12.2. The number of carbonyl (C=O) groups is 1. The van der Waals surface area contributed by atoms with Gasteiger partial charge < -0.3 is 16.6 Å². The molecule has 0 aliphatic heterocycles. The van der Waals surface area contributed by atoms with Crippen molar-refractivity contribution in [1.29, 1.82) is 0 Å². The second-order valence-electron chi connectivity index (χ2n) is 2.50. The molecule has 0 amide bonds. The Balaban J connectivity index is 3.34. The fourth-order valence-corrected chi connectivity index (χ4v) is 0.904. The molecule has 5 N–H and O–H groups in total. The second-order valence-corrected chi connectivity index (χ2v) is 2.50. The molecule has 0 fully saturated rings. The van der Waals surface area contributed by atoms with Crippen LogP contribution in [0.15, 0.2) is 6.07 Å². The fourth-order valence-electron chi connectivity index (χ4n) is 0.904. The molecule has 0 saturated carbocycles. The lowest BCUT2D eigenvalue weighted by Crippen LogP contribution is -2.09. The number of halogens is 2. The number of hydrogen-bond donors (Lipinski definition) is 3. The monoisotopic (exact) mass is 203 g/mol. The van der Waals surface area contributed by atoms with Gasteiger partial charge >= 0.3 is 5.97 Å². The summed E-state index contributed by atoms with van der Waals surface area (Å²) in [5.74, 6) is -2.25. The Morgan fingerprint density at radius 1 is 1.43 bits per heavy atom. The van der Waals surface area contributed by atoms with E-state index in [2.05, 4.69) is 4.98 Å². The summed E-state index contributed by atoms with van der Waals surface area (Å²) < 4.78 is 24.5. The molecule has 1 aromatic rings.